The first-order valence-corrected chi connectivity index (χ1v) is 10.3. The number of nitrogens with zero attached hydrogens (tertiary/aromatic N) is 1. The van der Waals surface area contributed by atoms with Crippen LogP contribution in [0.15, 0.2) is 12.1 Å². The summed E-state index contributed by atoms with van der Waals surface area (Å²) in [5.74, 6) is 0.657. The smallest absolute Gasteiger partial charge is 0.0895 e. The van der Waals surface area contributed by atoms with Crippen molar-refractivity contribution in [1.29, 1.82) is 0 Å². The van der Waals surface area contributed by atoms with Crippen molar-refractivity contribution in [2.24, 2.45) is 11.8 Å². The van der Waals surface area contributed by atoms with Crippen molar-refractivity contribution >= 4 is 0 Å². The molecule has 0 radical (unpaired) electrons. The third-order valence-corrected chi connectivity index (χ3v) is 6.53. The molecule has 1 fully saturated rings. The summed E-state index contributed by atoms with van der Waals surface area (Å²) in [6.07, 6.45) is 3.38. The molecule has 2 heterocycles. The fourth-order valence-electron chi connectivity index (χ4n) is 5.15. The second-order valence-electron chi connectivity index (χ2n) is 8.82. The van der Waals surface area contributed by atoms with Gasteiger partial charge < -0.3 is 15.3 Å². The van der Waals surface area contributed by atoms with E-state index in [-0.39, 0.29) is 25.2 Å². The van der Waals surface area contributed by atoms with Crippen molar-refractivity contribution in [3.63, 3.8) is 0 Å². The van der Waals surface area contributed by atoms with Gasteiger partial charge in [-0.15, -0.1) is 0 Å². The Labute approximate surface area is 162 Å². The third-order valence-electron chi connectivity index (χ3n) is 6.53. The van der Waals surface area contributed by atoms with E-state index in [1.807, 2.05) is 12.1 Å². The molecule has 1 saturated heterocycles. The summed E-state index contributed by atoms with van der Waals surface area (Å²) < 4.78 is 12.9. The molecule has 0 spiro atoms. The van der Waals surface area contributed by atoms with E-state index in [0.717, 1.165) is 42.6 Å². The van der Waals surface area contributed by atoms with E-state index in [4.69, 9.17) is 0 Å². The topological polar surface area (TPSA) is 63.9 Å². The van der Waals surface area contributed by atoms with Crippen molar-refractivity contribution in [1.82, 2.24) is 4.90 Å². The fourth-order valence-corrected chi connectivity index (χ4v) is 5.15. The maximum Gasteiger partial charge on any atom is 0.0895 e. The molecule has 0 amide bonds. The van der Waals surface area contributed by atoms with Crippen molar-refractivity contribution in [3.05, 3.63) is 34.4 Å². The van der Waals surface area contributed by atoms with Crippen LogP contribution >= 0.6 is 0 Å². The SMILES string of the molecule is CC(C)C[C@H]1CN2CCc3cc(CO)c(CO)cc3[C@@H]2C[C@@]1(O)CCC[18F]. The number of hydrogen-bond donors (Lipinski definition) is 3. The van der Waals surface area contributed by atoms with Crippen LogP contribution in [0.5, 0.6) is 0 Å². The molecule has 152 valence electrons. The Hall–Kier alpha value is -1.01. The molecule has 3 N–H and O–H groups in total. The van der Waals surface area contributed by atoms with Crippen LogP contribution in [0.3, 0.4) is 0 Å². The molecule has 1 aromatic carbocycles. The Balaban J connectivity index is 1.93. The molecule has 3 atom stereocenters. The number of benzene rings is 1. The lowest BCUT2D eigenvalue weighted by atomic mass is 9.69. The molecule has 5 heteroatoms. The first-order chi connectivity index (χ1) is 12.9. The average Bonchev–Trinajstić information content (AvgIpc) is 2.65. The molecule has 0 saturated carbocycles. The van der Waals surface area contributed by atoms with Gasteiger partial charge in [0.2, 0.25) is 0 Å². The van der Waals surface area contributed by atoms with Crippen molar-refractivity contribution < 1.29 is 19.7 Å². The highest BCUT2D eigenvalue weighted by Crippen LogP contribution is 2.47. The van der Waals surface area contributed by atoms with E-state index >= 15 is 0 Å². The number of alkyl halides is 1. The average molecular weight is 379 g/mol. The standard InChI is InChI=1S/C22H34FNO3/c1-15(2)8-19-12-24-7-4-16-9-17(13-25)18(14-26)10-20(16)21(24)11-22(19,27)5-3-6-23/h9-10,15,19,21,25-27H,3-8,11-14H2,1-2H3/t19-,21-,22-/m0/s1/i23-1. The second kappa shape index (κ2) is 8.56. The zero-order valence-corrected chi connectivity index (χ0v) is 16.6. The van der Waals surface area contributed by atoms with Gasteiger partial charge in [0.25, 0.3) is 0 Å². The number of aliphatic hydroxyl groups is 3. The summed E-state index contributed by atoms with van der Waals surface area (Å²) in [5, 5.41) is 30.8. The number of rotatable bonds is 7. The minimum Gasteiger partial charge on any atom is -0.392 e. The highest BCUT2D eigenvalue weighted by molar-refractivity contribution is 5.42. The first kappa shape index (κ1) is 20.7. The van der Waals surface area contributed by atoms with Crippen LogP contribution in [0.4, 0.5) is 4.39 Å². The van der Waals surface area contributed by atoms with Gasteiger partial charge in [-0.1, -0.05) is 26.0 Å². The van der Waals surface area contributed by atoms with Crippen LogP contribution in [0, 0.1) is 11.8 Å². The van der Waals surface area contributed by atoms with Gasteiger partial charge in [0.15, 0.2) is 0 Å². The summed E-state index contributed by atoms with van der Waals surface area (Å²) >= 11 is 0. The van der Waals surface area contributed by atoms with Gasteiger partial charge in [0.1, 0.15) is 0 Å². The highest BCUT2D eigenvalue weighted by Gasteiger charge is 2.47. The monoisotopic (exact) mass is 378 g/mol. The Morgan fingerprint density at radius 3 is 2.56 bits per heavy atom. The van der Waals surface area contributed by atoms with Crippen molar-refractivity contribution in [2.45, 2.75) is 70.8 Å². The zero-order chi connectivity index (χ0) is 19.6. The maximum atomic E-state index is 12.9. The third kappa shape index (κ3) is 4.21. The molecule has 2 aliphatic heterocycles. The molecule has 3 rings (SSSR count). The lowest BCUT2D eigenvalue weighted by molar-refractivity contribution is -0.109. The molecule has 27 heavy (non-hydrogen) atoms. The van der Waals surface area contributed by atoms with Gasteiger partial charge in [-0.2, -0.15) is 0 Å². The van der Waals surface area contributed by atoms with Crippen LogP contribution in [0.25, 0.3) is 0 Å². The van der Waals surface area contributed by atoms with Crippen LogP contribution in [0.2, 0.25) is 0 Å². The van der Waals surface area contributed by atoms with Crippen molar-refractivity contribution in [3.8, 4) is 0 Å². The van der Waals surface area contributed by atoms with Gasteiger partial charge in [-0.05, 0) is 60.3 Å². The molecular weight excluding hydrogens is 344 g/mol. The second-order valence-corrected chi connectivity index (χ2v) is 8.82. The molecular formula is C22H34FNO3. The molecule has 4 nitrogen and oxygen atoms in total. The van der Waals surface area contributed by atoms with Crippen LogP contribution in [0.1, 0.15) is 67.8 Å². The predicted molar refractivity (Wildman–Crippen MR) is 104 cm³/mol. The maximum absolute atomic E-state index is 12.9. The Morgan fingerprint density at radius 1 is 1.22 bits per heavy atom. The van der Waals surface area contributed by atoms with Crippen LogP contribution in [-0.4, -0.2) is 45.6 Å². The number of piperidine rings is 1. The van der Waals surface area contributed by atoms with E-state index < -0.39 is 12.3 Å². The number of halogens is 1. The van der Waals surface area contributed by atoms with Crippen LogP contribution in [-0.2, 0) is 19.6 Å². The van der Waals surface area contributed by atoms with Gasteiger partial charge >= 0.3 is 0 Å². The van der Waals surface area contributed by atoms with Crippen LogP contribution < -0.4 is 0 Å². The fraction of sp³-hybridized carbons (Fsp3) is 0.727. The summed E-state index contributed by atoms with van der Waals surface area (Å²) in [6.45, 7) is 5.56. The van der Waals surface area contributed by atoms with E-state index in [1.165, 1.54) is 5.56 Å². The number of hydrogen-bond acceptors (Lipinski definition) is 4. The molecule has 1 aromatic rings. The summed E-state index contributed by atoms with van der Waals surface area (Å²) in [5.41, 5.74) is 3.05. The molecule has 0 aromatic heterocycles. The normalized spacial score (nSPS) is 28.3. The van der Waals surface area contributed by atoms with E-state index in [2.05, 4.69) is 18.7 Å². The van der Waals surface area contributed by atoms with E-state index in [0.29, 0.717) is 25.2 Å². The predicted octanol–water partition coefficient (Wildman–Crippen LogP) is 3.12. The Bertz CT molecular complexity index is 651. The minimum absolute atomic E-state index is 0.0749. The number of fused-ring (bicyclic) bond motifs is 3. The largest absolute Gasteiger partial charge is 0.392 e. The lowest BCUT2D eigenvalue weighted by Gasteiger charge is -2.52. The Kier molecular flexibility index (Phi) is 6.57. The van der Waals surface area contributed by atoms with Gasteiger partial charge in [-0.25, -0.2) is 0 Å². The molecule has 0 aliphatic carbocycles. The summed E-state index contributed by atoms with van der Waals surface area (Å²) in [4.78, 5) is 2.46. The quantitative estimate of drug-likeness (QED) is 0.682. The highest BCUT2D eigenvalue weighted by atomic mass is 18.2. The summed E-state index contributed by atoms with van der Waals surface area (Å²) in [6, 6.07) is 4.12. The molecule has 2 aliphatic rings. The lowest BCUT2D eigenvalue weighted by Crippen LogP contribution is -2.55. The molecule has 0 unspecified atom stereocenters. The first-order valence-electron chi connectivity index (χ1n) is 10.3. The van der Waals surface area contributed by atoms with E-state index in [9.17, 15) is 19.7 Å². The van der Waals surface area contributed by atoms with Crippen molar-refractivity contribution in [2.75, 3.05) is 19.8 Å². The molecule has 0 bridgehead atoms. The van der Waals surface area contributed by atoms with Gasteiger partial charge in [0, 0.05) is 25.0 Å². The zero-order valence-electron chi connectivity index (χ0n) is 16.6. The number of aliphatic hydroxyl groups excluding tert-OH is 2. The summed E-state index contributed by atoms with van der Waals surface area (Å²) in [7, 11) is 0. The minimum atomic E-state index is -0.846. The van der Waals surface area contributed by atoms with Gasteiger partial charge in [-0.3, -0.25) is 9.29 Å². The van der Waals surface area contributed by atoms with Gasteiger partial charge in [0.05, 0.1) is 25.5 Å². The van der Waals surface area contributed by atoms with E-state index in [1.54, 1.807) is 0 Å². The Morgan fingerprint density at radius 2 is 1.93 bits per heavy atom.